The van der Waals surface area contributed by atoms with Crippen LogP contribution in [0.1, 0.15) is 12.5 Å². The summed E-state index contributed by atoms with van der Waals surface area (Å²) in [5, 5.41) is 0. The summed E-state index contributed by atoms with van der Waals surface area (Å²) >= 11 is 0. The normalized spacial score (nSPS) is 13.8. The van der Waals surface area contributed by atoms with Crippen molar-refractivity contribution in [2.24, 2.45) is 0 Å². The molecule has 0 bridgehead atoms. The zero-order valence-corrected chi connectivity index (χ0v) is 17.4. The van der Waals surface area contributed by atoms with Crippen molar-refractivity contribution in [3.8, 4) is 23.0 Å². The number of carbonyl (C=O) groups is 1. The summed E-state index contributed by atoms with van der Waals surface area (Å²) in [5.74, 6) is 1.91. The molecule has 158 valence electrons. The van der Waals surface area contributed by atoms with Gasteiger partial charge in [0.1, 0.15) is 48.2 Å². The van der Waals surface area contributed by atoms with E-state index in [-0.39, 0.29) is 17.9 Å². The lowest BCUT2D eigenvalue weighted by atomic mass is 9.96. The quantitative estimate of drug-likeness (QED) is 0.480. The highest BCUT2D eigenvalue weighted by atomic mass is 16.6. The van der Waals surface area contributed by atoms with Crippen LogP contribution in [0.5, 0.6) is 23.0 Å². The van der Waals surface area contributed by atoms with Crippen LogP contribution in [0.4, 0.5) is 0 Å². The fraction of sp³-hybridized carbons (Fsp3) is 0.261. The molecule has 0 unspecified atom stereocenters. The number of Topliss-reactive ketones (excluding diaryl/α,β-unsaturated/α-hetero) is 1. The molecule has 0 N–H and O–H groups in total. The highest BCUT2D eigenvalue weighted by molar-refractivity contribution is 6.29. The molecular formula is C23H24O7. The Bertz CT molecular complexity index is 936. The summed E-state index contributed by atoms with van der Waals surface area (Å²) in [6.07, 6.45) is 1.31. The molecule has 0 aliphatic carbocycles. The molecule has 0 saturated carbocycles. The summed E-state index contributed by atoms with van der Waals surface area (Å²) in [7, 11) is 4.55. The van der Waals surface area contributed by atoms with Gasteiger partial charge in [0.25, 0.3) is 0 Å². The van der Waals surface area contributed by atoms with Gasteiger partial charge in [0, 0.05) is 12.1 Å². The number of methoxy groups -OCH3 is 3. The fourth-order valence-corrected chi connectivity index (χ4v) is 3.03. The second-order valence-electron chi connectivity index (χ2n) is 6.28. The zero-order chi connectivity index (χ0) is 21.5. The Morgan fingerprint density at radius 3 is 2.10 bits per heavy atom. The molecule has 2 aromatic carbocycles. The third-order valence-electron chi connectivity index (χ3n) is 4.43. The van der Waals surface area contributed by atoms with Gasteiger partial charge < -0.3 is 28.4 Å². The number of rotatable bonds is 8. The van der Waals surface area contributed by atoms with Crippen LogP contribution in [0.2, 0.25) is 0 Å². The number of carbonyl (C=O) groups excluding carboxylic acids is 1. The largest absolute Gasteiger partial charge is 0.496 e. The summed E-state index contributed by atoms with van der Waals surface area (Å²) < 4.78 is 33.2. The Morgan fingerprint density at radius 2 is 1.57 bits per heavy atom. The van der Waals surface area contributed by atoms with Gasteiger partial charge in [-0.2, -0.15) is 0 Å². The first-order valence-corrected chi connectivity index (χ1v) is 9.32. The molecule has 3 rings (SSSR count). The van der Waals surface area contributed by atoms with Crippen molar-refractivity contribution in [1.82, 2.24) is 0 Å². The number of allylic oxidation sites excluding steroid dienone is 2. The van der Waals surface area contributed by atoms with E-state index in [1.807, 2.05) is 18.2 Å². The summed E-state index contributed by atoms with van der Waals surface area (Å²) in [4.78, 5) is 13.5. The SMILES string of the molecule is COc1cc(OC)c(/C(C(=O)C2=COCCO2)=C(\C)Oc2ccccc2)c(OC)c1. The van der Waals surface area contributed by atoms with Crippen LogP contribution in [-0.2, 0) is 14.3 Å². The topological polar surface area (TPSA) is 72.5 Å². The molecule has 1 heterocycles. The Kier molecular flexibility index (Phi) is 6.85. The smallest absolute Gasteiger partial charge is 0.235 e. The van der Waals surface area contributed by atoms with Crippen LogP contribution in [0.25, 0.3) is 5.57 Å². The predicted molar refractivity (Wildman–Crippen MR) is 111 cm³/mol. The van der Waals surface area contributed by atoms with E-state index in [0.717, 1.165) is 0 Å². The van der Waals surface area contributed by atoms with Crippen LogP contribution in [0.15, 0.2) is 60.2 Å². The van der Waals surface area contributed by atoms with Crippen LogP contribution < -0.4 is 18.9 Å². The molecule has 0 atom stereocenters. The maximum atomic E-state index is 13.5. The minimum absolute atomic E-state index is 0.0761. The minimum Gasteiger partial charge on any atom is -0.496 e. The fourth-order valence-electron chi connectivity index (χ4n) is 3.03. The van der Waals surface area contributed by atoms with E-state index in [0.29, 0.717) is 40.9 Å². The van der Waals surface area contributed by atoms with E-state index in [4.69, 9.17) is 28.4 Å². The molecule has 30 heavy (non-hydrogen) atoms. The van der Waals surface area contributed by atoms with Gasteiger partial charge in [-0.15, -0.1) is 0 Å². The van der Waals surface area contributed by atoms with Gasteiger partial charge in [-0.05, 0) is 19.1 Å². The number of para-hydroxylation sites is 1. The third kappa shape index (κ3) is 4.51. The van der Waals surface area contributed by atoms with E-state index >= 15 is 0 Å². The Hall–Kier alpha value is -3.61. The number of ketones is 1. The van der Waals surface area contributed by atoms with Gasteiger partial charge in [-0.25, -0.2) is 0 Å². The van der Waals surface area contributed by atoms with E-state index in [1.165, 1.54) is 27.6 Å². The van der Waals surface area contributed by atoms with Crippen molar-refractivity contribution in [2.45, 2.75) is 6.92 Å². The standard InChI is InChI=1S/C23H24O7/c1-15(30-16-8-6-5-7-9-16)21(23(24)20-14-28-10-11-29-20)22-18(26-3)12-17(25-2)13-19(22)27-4/h5-9,12-14H,10-11H2,1-4H3/b21-15-. The Morgan fingerprint density at radius 1 is 0.900 bits per heavy atom. The van der Waals surface area contributed by atoms with Crippen LogP contribution in [0.3, 0.4) is 0 Å². The maximum Gasteiger partial charge on any atom is 0.235 e. The van der Waals surface area contributed by atoms with E-state index < -0.39 is 5.78 Å². The number of hydrogen-bond donors (Lipinski definition) is 0. The monoisotopic (exact) mass is 412 g/mol. The highest BCUT2D eigenvalue weighted by Gasteiger charge is 2.30. The molecule has 1 aliphatic rings. The van der Waals surface area contributed by atoms with E-state index in [2.05, 4.69) is 0 Å². The molecule has 0 spiro atoms. The van der Waals surface area contributed by atoms with Crippen molar-refractivity contribution in [1.29, 1.82) is 0 Å². The maximum absolute atomic E-state index is 13.5. The lowest BCUT2D eigenvalue weighted by Gasteiger charge is -2.21. The lowest BCUT2D eigenvalue weighted by Crippen LogP contribution is -2.18. The third-order valence-corrected chi connectivity index (χ3v) is 4.43. The van der Waals surface area contributed by atoms with Gasteiger partial charge in [-0.3, -0.25) is 4.79 Å². The molecule has 2 aromatic rings. The van der Waals surface area contributed by atoms with Crippen molar-refractivity contribution in [3.63, 3.8) is 0 Å². The van der Waals surface area contributed by atoms with Crippen molar-refractivity contribution < 1.29 is 33.2 Å². The van der Waals surface area contributed by atoms with Crippen LogP contribution >= 0.6 is 0 Å². The van der Waals surface area contributed by atoms with Gasteiger partial charge in [0.15, 0.2) is 0 Å². The van der Waals surface area contributed by atoms with Crippen molar-refractivity contribution >= 4 is 11.4 Å². The van der Waals surface area contributed by atoms with E-state index in [1.54, 1.807) is 31.2 Å². The molecule has 0 radical (unpaired) electrons. The molecule has 7 heteroatoms. The zero-order valence-electron chi connectivity index (χ0n) is 17.4. The predicted octanol–water partition coefficient (Wildman–Crippen LogP) is 3.98. The first-order valence-electron chi connectivity index (χ1n) is 9.32. The van der Waals surface area contributed by atoms with Gasteiger partial charge in [0.2, 0.25) is 11.5 Å². The Labute approximate surface area is 175 Å². The molecule has 0 aromatic heterocycles. The van der Waals surface area contributed by atoms with Gasteiger partial charge in [-0.1, -0.05) is 18.2 Å². The Balaban J connectivity index is 2.20. The molecular weight excluding hydrogens is 388 g/mol. The average molecular weight is 412 g/mol. The van der Waals surface area contributed by atoms with E-state index in [9.17, 15) is 4.79 Å². The van der Waals surface area contributed by atoms with Gasteiger partial charge in [0.05, 0.1) is 32.5 Å². The average Bonchev–Trinajstić information content (AvgIpc) is 2.80. The lowest BCUT2D eigenvalue weighted by molar-refractivity contribution is -0.115. The van der Waals surface area contributed by atoms with Crippen LogP contribution in [0, 0.1) is 0 Å². The van der Waals surface area contributed by atoms with Crippen molar-refractivity contribution in [2.75, 3.05) is 34.5 Å². The summed E-state index contributed by atoms with van der Waals surface area (Å²) in [6.45, 7) is 2.36. The second-order valence-corrected chi connectivity index (χ2v) is 6.28. The van der Waals surface area contributed by atoms with Crippen molar-refractivity contribution in [3.05, 3.63) is 65.8 Å². The summed E-state index contributed by atoms with van der Waals surface area (Å²) in [6, 6.07) is 12.5. The summed E-state index contributed by atoms with van der Waals surface area (Å²) in [5.41, 5.74) is 0.654. The molecule has 0 fully saturated rings. The minimum atomic E-state index is -0.412. The number of ether oxygens (including phenoxy) is 6. The molecule has 0 amide bonds. The van der Waals surface area contributed by atoms with Crippen LogP contribution in [-0.4, -0.2) is 40.3 Å². The molecule has 0 saturated heterocycles. The molecule has 1 aliphatic heterocycles. The number of benzene rings is 2. The second kappa shape index (κ2) is 9.73. The highest BCUT2D eigenvalue weighted by Crippen LogP contribution is 2.41. The van der Waals surface area contributed by atoms with Gasteiger partial charge >= 0.3 is 0 Å². The molecule has 7 nitrogen and oxygen atoms in total. The first-order chi connectivity index (χ1) is 14.6. The number of hydrogen-bond acceptors (Lipinski definition) is 7. The first kappa shape index (κ1) is 21.1.